The van der Waals surface area contributed by atoms with Crippen molar-refractivity contribution in [2.75, 3.05) is 13.2 Å². The van der Waals surface area contributed by atoms with E-state index in [1.54, 1.807) is 0 Å². The Labute approximate surface area is 113 Å². The van der Waals surface area contributed by atoms with E-state index in [9.17, 15) is 9.59 Å². The Morgan fingerprint density at radius 2 is 1.26 bits per heavy atom. The van der Waals surface area contributed by atoms with Gasteiger partial charge in [-0.05, 0) is 25.7 Å². The molecule has 0 spiro atoms. The van der Waals surface area contributed by atoms with E-state index in [1.165, 1.54) is 0 Å². The zero-order valence-electron chi connectivity index (χ0n) is 11.2. The number of allylic oxidation sites excluding steroid dienone is 2. The zero-order chi connectivity index (χ0) is 13.5. The summed E-state index contributed by atoms with van der Waals surface area (Å²) < 4.78 is 9.74. The average Bonchev–Trinajstić information content (AvgIpc) is 2.98. The van der Waals surface area contributed by atoms with Crippen molar-refractivity contribution in [2.45, 2.75) is 44.9 Å². The van der Waals surface area contributed by atoms with Crippen LogP contribution >= 0.6 is 0 Å². The van der Waals surface area contributed by atoms with Crippen molar-refractivity contribution in [1.82, 2.24) is 0 Å². The van der Waals surface area contributed by atoms with Gasteiger partial charge in [0.2, 0.25) is 0 Å². The van der Waals surface area contributed by atoms with Gasteiger partial charge in [-0.1, -0.05) is 18.6 Å². The van der Waals surface area contributed by atoms with Gasteiger partial charge in [-0.2, -0.15) is 0 Å². The van der Waals surface area contributed by atoms with E-state index in [0.29, 0.717) is 13.2 Å². The molecule has 0 aliphatic carbocycles. The summed E-state index contributed by atoms with van der Waals surface area (Å²) in [5.41, 5.74) is 1.66. The highest BCUT2D eigenvalue weighted by atomic mass is 16.5. The Hall–Kier alpha value is -1.58. The largest absolute Gasteiger partial charge is 0.462 e. The van der Waals surface area contributed by atoms with E-state index < -0.39 is 0 Å². The van der Waals surface area contributed by atoms with Crippen LogP contribution in [0.3, 0.4) is 0 Å². The van der Waals surface area contributed by atoms with Crippen molar-refractivity contribution >= 4 is 11.9 Å². The summed E-state index contributed by atoms with van der Waals surface area (Å²) in [7, 11) is 0. The number of rotatable bonds is 6. The smallest absolute Gasteiger partial charge is 0.333 e. The van der Waals surface area contributed by atoms with Crippen LogP contribution in [0.2, 0.25) is 0 Å². The van der Waals surface area contributed by atoms with E-state index in [0.717, 1.165) is 56.1 Å². The summed E-state index contributed by atoms with van der Waals surface area (Å²) in [5, 5.41) is 0. The third kappa shape index (κ3) is 4.23. The molecule has 4 heteroatoms. The molecule has 2 rings (SSSR count). The standard InChI is InChI=1S/C15H20O4/c16-14-12(8-10-18-14)6-4-2-1-3-5-7-13-9-11-19-15(13)17/h6-7H,1-5,8-11H2. The van der Waals surface area contributed by atoms with E-state index in [4.69, 9.17) is 9.47 Å². The molecule has 0 radical (unpaired) electrons. The Morgan fingerprint density at radius 1 is 0.789 bits per heavy atom. The predicted octanol–water partition coefficient (Wildman–Crippen LogP) is 2.68. The Morgan fingerprint density at radius 3 is 1.63 bits per heavy atom. The van der Waals surface area contributed by atoms with Gasteiger partial charge in [-0.3, -0.25) is 0 Å². The van der Waals surface area contributed by atoms with Crippen LogP contribution in [0.5, 0.6) is 0 Å². The fourth-order valence-corrected chi connectivity index (χ4v) is 2.29. The SMILES string of the molecule is O=C1OCCC1=CCCCCCC=C1CCOC1=O. The molecule has 2 saturated heterocycles. The van der Waals surface area contributed by atoms with Crippen molar-refractivity contribution in [3.05, 3.63) is 23.3 Å². The van der Waals surface area contributed by atoms with E-state index >= 15 is 0 Å². The van der Waals surface area contributed by atoms with Crippen molar-refractivity contribution in [2.24, 2.45) is 0 Å². The van der Waals surface area contributed by atoms with Crippen LogP contribution in [0, 0.1) is 0 Å². The van der Waals surface area contributed by atoms with Crippen LogP contribution in [0.4, 0.5) is 0 Å². The fourth-order valence-electron chi connectivity index (χ4n) is 2.29. The van der Waals surface area contributed by atoms with Crippen LogP contribution in [0.15, 0.2) is 23.3 Å². The number of ether oxygens (including phenoxy) is 2. The highest BCUT2D eigenvalue weighted by Gasteiger charge is 2.18. The molecule has 0 N–H and O–H groups in total. The van der Waals surface area contributed by atoms with Gasteiger partial charge >= 0.3 is 11.9 Å². The molecule has 104 valence electrons. The van der Waals surface area contributed by atoms with Crippen molar-refractivity contribution < 1.29 is 19.1 Å². The number of carbonyl (C=O) groups excluding carboxylic acids is 2. The first-order valence-electron chi connectivity index (χ1n) is 6.99. The summed E-state index contributed by atoms with van der Waals surface area (Å²) in [6.07, 6.45) is 10.6. The quantitative estimate of drug-likeness (QED) is 0.420. The number of carbonyl (C=O) groups is 2. The van der Waals surface area contributed by atoms with Crippen molar-refractivity contribution in [3.8, 4) is 0 Å². The fraction of sp³-hybridized carbons (Fsp3) is 0.600. The summed E-state index contributed by atoms with van der Waals surface area (Å²) in [6.45, 7) is 1.07. The highest BCUT2D eigenvalue weighted by Crippen LogP contribution is 2.17. The Bertz CT molecular complexity index is 368. The van der Waals surface area contributed by atoms with Gasteiger partial charge in [0.1, 0.15) is 0 Å². The summed E-state index contributed by atoms with van der Waals surface area (Å²) in [4.78, 5) is 22.4. The molecule has 2 aliphatic heterocycles. The lowest BCUT2D eigenvalue weighted by molar-refractivity contribution is -0.135. The molecule has 0 aromatic carbocycles. The Kier molecular flexibility index (Phi) is 5.19. The molecule has 0 bridgehead atoms. The number of unbranched alkanes of at least 4 members (excludes halogenated alkanes) is 4. The first-order chi connectivity index (χ1) is 9.27. The summed E-state index contributed by atoms with van der Waals surface area (Å²) in [5.74, 6) is -0.297. The maximum Gasteiger partial charge on any atom is 0.333 e. The van der Waals surface area contributed by atoms with Crippen LogP contribution in [-0.2, 0) is 19.1 Å². The number of hydrogen-bond acceptors (Lipinski definition) is 4. The average molecular weight is 264 g/mol. The highest BCUT2D eigenvalue weighted by molar-refractivity contribution is 5.90. The number of esters is 2. The molecule has 2 fully saturated rings. The molecular weight excluding hydrogens is 244 g/mol. The summed E-state index contributed by atoms with van der Waals surface area (Å²) in [6, 6.07) is 0. The first kappa shape index (κ1) is 13.8. The lowest BCUT2D eigenvalue weighted by Gasteiger charge is -1.97. The first-order valence-corrected chi connectivity index (χ1v) is 6.99. The second-order valence-corrected chi connectivity index (χ2v) is 4.87. The molecule has 0 aromatic heterocycles. The molecule has 4 nitrogen and oxygen atoms in total. The van der Waals surface area contributed by atoms with Crippen LogP contribution < -0.4 is 0 Å². The second kappa shape index (κ2) is 7.12. The topological polar surface area (TPSA) is 52.6 Å². The summed E-state index contributed by atoms with van der Waals surface area (Å²) >= 11 is 0. The molecule has 0 aromatic rings. The third-order valence-corrected chi connectivity index (χ3v) is 3.42. The van der Waals surface area contributed by atoms with Gasteiger partial charge in [0.05, 0.1) is 13.2 Å². The van der Waals surface area contributed by atoms with Gasteiger partial charge in [0.25, 0.3) is 0 Å². The van der Waals surface area contributed by atoms with Gasteiger partial charge in [0, 0.05) is 24.0 Å². The minimum Gasteiger partial charge on any atom is -0.462 e. The van der Waals surface area contributed by atoms with Gasteiger partial charge < -0.3 is 9.47 Å². The monoisotopic (exact) mass is 264 g/mol. The van der Waals surface area contributed by atoms with Crippen LogP contribution in [0.1, 0.15) is 44.9 Å². The maximum atomic E-state index is 11.2. The van der Waals surface area contributed by atoms with E-state index in [2.05, 4.69) is 0 Å². The second-order valence-electron chi connectivity index (χ2n) is 4.87. The molecule has 2 aliphatic rings. The van der Waals surface area contributed by atoms with Crippen LogP contribution in [-0.4, -0.2) is 25.2 Å². The van der Waals surface area contributed by atoms with E-state index in [1.807, 2.05) is 12.2 Å². The van der Waals surface area contributed by atoms with E-state index in [-0.39, 0.29) is 11.9 Å². The number of hydrogen-bond donors (Lipinski definition) is 0. The molecule has 0 unspecified atom stereocenters. The zero-order valence-corrected chi connectivity index (χ0v) is 11.2. The minimum atomic E-state index is -0.149. The van der Waals surface area contributed by atoms with Crippen LogP contribution in [0.25, 0.3) is 0 Å². The molecule has 0 saturated carbocycles. The number of cyclic esters (lactones) is 2. The molecule has 0 atom stereocenters. The predicted molar refractivity (Wildman–Crippen MR) is 70.4 cm³/mol. The van der Waals surface area contributed by atoms with Crippen molar-refractivity contribution in [3.63, 3.8) is 0 Å². The molecule has 2 heterocycles. The Balaban J connectivity index is 1.55. The lowest BCUT2D eigenvalue weighted by atomic mass is 10.1. The van der Waals surface area contributed by atoms with Gasteiger partial charge in [0.15, 0.2) is 0 Å². The maximum absolute atomic E-state index is 11.2. The molecule has 19 heavy (non-hydrogen) atoms. The third-order valence-electron chi connectivity index (χ3n) is 3.42. The normalized spacial score (nSPS) is 23.2. The van der Waals surface area contributed by atoms with Crippen molar-refractivity contribution in [1.29, 1.82) is 0 Å². The minimum absolute atomic E-state index is 0.149. The van der Waals surface area contributed by atoms with Gasteiger partial charge in [-0.15, -0.1) is 0 Å². The lowest BCUT2D eigenvalue weighted by Crippen LogP contribution is -1.94. The van der Waals surface area contributed by atoms with Gasteiger partial charge in [-0.25, -0.2) is 9.59 Å². The molecule has 0 amide bonds. The molecular formula is C15H20O4.